The fourth-order valence-corrected chi connectivity index (χ4v) is 3.86. The molecule has 1 aromatic carbocycles. The van der Waals surface area contributed by atoms with Crippen molar-refractivity contribution in [3.05, 3.63) is 23.8 Å². The first-order chi connectivity index (χ1) is 11.6. The number of hydrogen-bond acceptors (Lipinski definition) is 4. The number of quaternary nitrogens is 2. The molecule has 2 amide bonds. The molecule has 24 heavy (non-hydrogen) atoms. The summed E-state index contributed by atoms with van der Waals surface area (Å²) < 4.78 is 10.8. The van der Waals surface area contributed by atoms with E-state index in [1.54, 1.807) is 7.05 Å². The van der Waals surface area contributed by atoms with Crippen molar-refractivity contribution in [1.82, 2.24) is 4.90 Å². The van der Waals surface area contributed by atoms with Crippen LogP contribution in [0.5, 0.6) is 11.5 Å². The molecule has 7 heteroatoms. The maximum absolute atomic E-state index is 12.1. The lowest BCUT2D eigenvalue weighted by atomic mass is 10.1. The first-order valence-electron chi connectivity index (χ1n) is 8.49. The third kappa shape index (κ3) is 2.74. The molecular formula is C17H23N3O4+2. The molecule has 1 atom stereocenters. The number of piperazine rings is 1. The number of nitrogens with one attached hydrogen (secondary N) is 2. The summed E-state index contributed by atoms with van der Waals surface area (Å²) >= 11 is 0. The van der Waals surface area contributed by atoms with Gasteiger partial charge in [-0.15, -0.1) is 0 Å². The van der Waals surface area contributed by atoms with E-state index in [2.05, 4.69) is 12.1 Å². The first-order valence-corrected chi connectivity index (χ1v) is 8.49. The minimum absolute atomic E-state index is 0.0192. The van der Waals surface area contributed by atoms with Crippen LogP contribution in [0.1, 0.15) is 12.0 Å². The number of carbonyl (C=O) groups excluding carboxylic acids is 2. The van der Waals surface area contributed by atoms with E-state index in [9.17, 15) is 9.59 Å². The van der Waals surface area contributed by atoms with Crippen LogP contribution in [-0.2, 0) is 16.1 Å². The quantitative estimate of drug-likeness (QED) is 0.598. The van der Waals surface area contributed by atoms with E-state index in [0.29, 0.717) is 13.2 Å². The first kappa shape index (κ1) is 15.4. The SMILES string of the molecule is CN1C(=O)C[C@H]([NH+]2CC[NH+](Cc3ccc4c(c3)OCO4)CC2)C1=O. The van der Waals surface area contributed by atoms with Crippen LogP contribution in [0, 0.1) is 0 Å². The minimum atomic E-state index is -0.172. The number of fused-ring (bicyclic) bond motifs is 1. The Bertz CT molecular complexity index is 670. The van der Waals surface area contributed by atoms with Gasteiger partial charge in [-0.05, 0) is 18.2 Å². The predicted molar refractivity (Wildman–Crippen MR) is 83.8 cm³/mol. The molecule has 0 bridgehead atoms. The lowest BCUT2D eigenvalue weighted by molar-refractivity contribution is -1.02. The molecule has 3 aliphatic heterocycles. The largest absolute Gasteiger partial charge is 0.454 e. The van der Waals surface area contributed by atoms with E-state index in [-0.39, 0.29) is 17.9 Å². The van der Waals surface area contributed by atoms with Crippen LogP contribution < -0.4 is 19.3 Å². The molecule has 0 aliphatic carbocycles. The maximum atomic E-state index is 12.1. The molecule has 2 saturated heterocycles. The monoisotopic (exact) mass is 333 g/mol. The summed E-state index contributed by atoms with van der Waals surface area (Å²) in [6.07, 6.45) is 0.363. The van der Waals surface area contributed by atoms with Crippen LogP contribution >= 0.6 is 0 Å². The third-order valence-corrected chi connectivity index (χ3v) is 5.36. The van der Waals surface area contributed by atoms with Gasteiger partial charge < -0.3 is 19.3 Å². The topological polar surface area (TPSA) is 64.7 Å². The lowest BCUT2D eigenvalue weighted by Gasteiger charge is -2.32. The van der Waals surface area contributed by atoms with Crippen LogP contribution in [0.15, 0.2) is 18.2 Å². The highest BCUT2D eigenvalue weighted by molar-refractivity contribution is 6.04. The number of rotatable bonds is 3. The second-order valence-corrected chi connectivity index (χ2v) is 6.82. The number of hydrogen-bond donors (Lipinski definition) is 2. The summed E-state index contributed by atoms with van der Waals surface area (Å²) in [5.74, 6) is 1.58. The van der Waals surface area contributed by atoms with Gasteiger partial charge in [-0.3, -0.25) is 14.5 Å². The predicted octanol–water partition coefficient (Wildman–Crippen LogP) is -2.54. The Morgan fingerprint density at radius 1 is 1.12 bits per heavy atom. The standard InChI is InChI=1S/C17H21N3O4/c1-18-16(21)9-13(17(18)22)20-6-4-19(5-7-20)10-12-2-3-14-15(8-12)24-11-23-14/h2-3,8,13H,4-7,9-11H2,1H3/p+2/t13-/m0/s1. The van der Waals surface area contributed by atoms with Gasteiger partial charge in [0.1, 0.15) is 32.7 Å². The number of amides is 2. The number of carbonyl (C=O) groups is 2. The summed E-state index contributed by atoms with van der Waals surface area (Å²) in [5, 5.41) is 0. The Hall–Kier alpha value is -2.12. The number of ether oxygens (including phenoxy) is 2. The fraction of sp³-hybridized carbons (Fsp3) is 0.529. The van der Waals surface area contributed by atoms with Crippen LogP contribution in [0.3, 0.4) is 0 Å². The highest BCUT2D eigenvalue weighted by Gasteiger charge is 2.44. The summed E-state index contributed by atoms with van der Waals surface area (Å²) in [6, 6.07) is 5.95. The van der Waals surface area contributed by atoms with Crippen molar-refractivity contribution in [1.29, 1.82) is 0 Å². The molecule has 1 aromatic rings. The maximum Gasteiger partial charge on any atom is 0.287 e. The normalized spacial score (nSPS) is 29.4. The average Bonchev–Trinajstić information content (AvgIpc) is 3.15. The van der Waals surface area contributed by atoms with Gasteiger partial charge in [0.2, 0.25) is 12.7 Å². The molecule has 0 radical (unpaired) electrons. The van der Waals surface area contributed by atoms with E-state index in [0.717, 1.165) is 44.2 Å². The summed E-state index contributed by atoms with van der Waals surface area (Å²) in [4.78, 5) is 27.9. The molecule has 7 nitrogen and oxygen atoms in total. The second-order valence-electron chi connectivity index (χ2n) is 6.82. The zero-order chi connectivity index (χ0) is 16.7. The molecule has 3 aliphatic rings. The molecule has 0 saturated carbocycles. The zero-order valence-electron chi connectivity index (χ0n) is 13.8. The highest BCUT2D eigenvalue weighted by Crippen LogP contribution is 2.32. The molecule has 0 aromatic heterocycles. The molecule has 0 unspecified atom stereocenters. The van der Waals surface area contributed by atoms with E-state index < -0.39 is 0 Å². The van der Waals surface area contributed by atoms with Gasteiger partial charge in [-0.1, -0.05) is 0 Å². The van der Waals surface area contributed by atoms with Crippen LogP contribution in [0.25, 0.3) is 0 Å². The van der Waals surface area contributed by atoms with Crippen molar-refractivity contribution in [2.24, 2.45) is 0 Å². The average molecular weight is 333 g/mol. The number of nitrogens with zero attached hydrogens (tertiary/aromatic N) is 1. The second kappa shape index (κ2) is 6.07. The zero-order valence-corrected chi connectivity index (χ0v) is 13.8. The van der Waals surface area contributed by atoms with E-state index >= 15 is 0 Å². The molecule has 4 rings (SSSR count). The highest BCUT2D eigenvalue weighted by atomic mass is 16.7. The van der Waals surface area contributed by atoms with Gasteiger partial charge >= 0.3 is 0 Å². The Labute approximate surface area is 140 Å². The Morgan fingerprint density at radius 2 is 1.88 bits per heavy atom. The summed E-state index contributed by atoms with van der Waals surface area (Å²) in [7, 11) is 1.59. The Morgan fingerprint density at radius 3 is 2.58 bits per heavy atom. The fourth-order valence-electron chi connectivity index (χ4n) is 3.86. The van der Waals surface area contributed by atoms with Crippen molar-refractivity contribution >= 4 is 11.8 Å². The Kier molecular flexibility index (Phi) is 3.90. The summed E-state index contributed by atoms with van der Waals surface area (Å²) in [5.41, 5.74) is 1.24. The van der Waals surface area contributed by atoms with E-state index in [1.807, 2.05) is 6.07 Å². The number of likely N-dealkylation sites (tertiary alicyclic amines) is 1. The molecule has 0 spiro atoms. The van der Waals surface area contributed by atoms with Crippen LogP contribution in [-0.4, -0.2) is 62.8 Å². The smallest absolute Gasteiger partial charge is 0.287 e. The number of benzene rings is 1. The van der Waals surface area contributed by atoms with Crippen LogP contribution in [0.2, 0.25) is 0 Å². The molecule has 3 heterocycles. The van der Waals surface area contributed by atoms with Crippen molar-refractivity contribution in [3.63, 3.8) is 0 Å². The van der Waals surface area contributed by atoms with Crippen molar-refractivity contribution in [2.45, 2.75) is 19.0 Å². The van der Waals surface area contributed by atoms with Crippen molar-refractivity contribution in [2.75, 3.05) is 40.0 Å². The van der Waals surface area contributed by atoms with Crippen molar-refractivity contribution in [3.8, 4) is 11.5 Å². The molecule has 2 fully saturated rings. The van der Waals surface area contributed by atoms with Gasteiger partial charge in [-0.25, -0.2) is 0 Å². The lowest BCUT2D eigenvalue weighted by Crippen LogP contribution is -3.29. The minimum Gasteiger partial charge on any atom is -0.454 e. The molecule has 128 valence electrons. The van der Waals surface area contributed by atoms with E-state index in [4.69, 9.17) is 9.47 Å². The van der Waals surface area contributed by atoms with Gasteiger partial charge in [0, 0.05) is 12.6 Å². The van der Waals surface area contributed by atoms with Crippen molar-refractivity contribution < 1.29 is 28.9 Å². The Balaban J connectivity index is 1.33. The number of imide groups is 1. The molecule has 2 N–H and O–H groups in total. The van der Waals surface area contributed by atoms with Gasteiger partial charge in [0.15, 0.2) is 17.5 Å². The number of likely N-dealkylation sites (N-methyl/N-ethyl adjacent to an activating group) is 1. The van der Waals surface area contributed by atoms with Gasteiger partial charge in [0.05, 0.1) is 6.42 Å². The van der Waals surface area contributed by atoms with Gasteiger partial charge in [0.25, 0.3) is 5.91 Å². The van der Waals surface area contributed by atoms with Crippen LogP contribution in [0.4, 0.5) is 0 Å². The van der Waals surface area contributed by atoms with Gasteiger partial charge in [-0.2, -0.15) is 0 Å². The molecular weight excluding hydrogens is 310 g/mol. The third-order valence-electron chi connectivity index (χ3n) is 5.36. The summed E-state index contributed by atoms with van der Waals surface area (Å²) in [6.45, 7) is 5.11. The van der Waals surface area contributed by atoms with E-state index in [1.165, 1.54) is 20.3 Å².